The van der Waals surface area contributed by atoms with Gasteiger partial charge in [-0.1, -0.05) is 12.1 Å². The molecule has 0 aromatic heterocycles. The average molecular weight is 305 g/mol. The van der Waals surface area contributed by atoms with Gasteiger partial charge in [-0.05, 0) is 24.1 Å². The van der Waals surface area contributed by atoms with Gasteiger partial charge in [-0.3, -0.25) is 9.69 Å². The van der Waals surface area contributed by atoms with Gasteiger partial charge in [0.05, 0.1) is 20.1 Å². The van der Waals surface area contributed by atoms with E-state index in [1.165, 1.54) is 18.7 Å². The van der Waals surface area contributed by atoms with Crippen molar-refractivity contribution >= 4 is 17.6 Å². The molecule has 1 aromatic carbocycles. The molecule has 1 amide bonds. The molecule has 0 saturated carbocycles. The number of benzene rings is 1. The fourth-order valence-electron chi connectivity index (χ4n) is 2.48. The molecule has 1 saturated heterocycles. The van der Waals surface area contributed by atoms with Crippen molar-refractivity contribution < 1.29 is 19.6 Å². The van der Waals surface area contributed by atoms with Gasteiger partial charge in [0.25, 0.3) is 0 Å². The Bertz CT molecular complexity index is 508. The number of quaternary nitrogens is 1. The Morgan fingerprint density at radius 3 is 2.41 bits per heavy atom. The molecule has 0 aliphatic carbocycles. The summed E-state index contributed by atoms with van der Waals surface area (Å²) in [5, 5.41) is 13.0. The maximum atomic E-state index is 11.5. The van der Waals surface area contributed by atoms with Gasteiger partial charge >= 0.3 is 0 Å². The molecule has 1 aliphatic heterocycles. The highest BCUT2D eigenvalue weighted by Gasteiger charge is 2.16. The molecular formula is C16H23N3O3. The molecule has 2 rings (SSSR count). The van der Waals surface area contributed by atoms with Gasteiger partial charge in [-0.25, -0.2) is 0 Å². The minimum Gasteiger partial charge on any atom is -0.550 e. The third kappa shape index (κ3) is 5.46. The molecule has 0 bridgehead atoms. The highest BCUT2D eigenvalue weighted by molar-refractivity contribution is 5.92. The van der Waals surface area contributed by atoms with E-state index in [-0.39, 0.29) is 18.7 Å². The van der Waals surface area contributed by atoms with E-state index in [9.17, 15) is 14.7 Å². The fraction of sp³-hybridized carbons (Fsp3) is 0.500. The Kier molecular flexibility index (Phi) is 5.91. The molecule has 6 nitrogen and oxygen atoms in total. The third-order valence-electron chi connectivity index (χ3n) is 3.91. The van der Waals surface area contributed by atoms with E-state index in [1.807, 2.05) is 24.3 Å². The first-order valence-corrected chi connectivity index (χ1v) is 7.65. The summed E-state index contributed by atoms with van der Waals surface area (Å²) in [6, 6.07) is 7.71. The number of anilines is 1. The van der Waals surface area contributed by atoms with E-state index >= 15 is 0 Å². The standard InChI is InChI=1S/C16H23N3O3/c1-18-8-10-19(11-9-18)12-13-2-4-14(5-3-13)17-15(20)6-7-16(21)22/h2-5H,6-12H2,1H3,(H,17,20)(H,21,22). The zero-order valence-corrected chi connectivity index (χ0v) is 12.9. The van der Waals surface area contributed by atoms with Crippen LogP contribution in [0.1, 0.15) is 18.4 Å². The lowest BCUT2D eigenvalue weighted by molar-refractivity contribution is -0.884. The van der Waals surface area contributed by atoms with Crippen molar-refractivity contribution in [1.82, 2.24) is 4.90 Å². The monoisotopic (exact) mass is 305 g/mol. The number of piperazine rings is 1. The first kappa shape index (κ1) is 16.5. The van der Waals surface area contributed by atoms with Crippen LogP contribution in [0.15, 0.2) is 24.3 Å². The summed E-state index contributed by atoms with van der Waals surface area (Å²) in [6.07, 6.45) is -0.316. The lowest BCUT2D eigenvalue weighted by Crippen LogP contribution is -3.11. The Morgan fingerprint density at radius 2 is 1.82 bits per heavy atom. The third-order valence-corrected chi connectivity index (χ3v) is 3.91. The van der Waals surface area contributed by atoms with Crippen LogP contribution in [0, 0.1) is 0 Å². The number of carbonyl (C=O) groups excluding carboxylic acids is 2. The molecule has 120 valence electrons. The van der Waals surface area contributed by atoms with Crippen molar-refractivity contribution in [3.8, 4) is 0 Å². The summed E-state index contributed by atoms with van der Waals surface area (Å²) in [7, 11) is 2.22. The van der Waals surface area contributed by atoms with Crippen LogP contribution in [0.5, 0.6) is 0 Å². The van der Waals surface area contributed by atoms with Gasteiger partial charge in [0.2, 0.25) is 5.91 Å². The molecule has 0 spiro atoms. The normalized spacial score (nSPS) is 16.4. The Labute approximate surface area is 130 Å². The zero-order valence-electron chi connectivity index (χ0n) is 12.9. The van der Waals surface area contributed by atoms with Crippen molar-refractivity contribution in [3.63, 3.8) is 0 Å². The van der Waals surface area contributed by atoms with E-state index < -0.39 is 5.97 Å². The van der Waals surface area contributed by atoms with Crippen LogP contribution in [0.4, 0.5) is 5.69 Å². The van der Waals surface area contributed by atoms with Crippen LogP contribution in [-0.2, 0) is 16.1 Å². The number of nitrogens with one attached hydrogen (secondary N) is 2. The second-order valence-corrected chi connectivity index (χ2v) is 5.85. The molecule has 2 N–H and O–H groups in total. The first-order chi connectivity index (χ1) is 10.5. The number of aliphatic carboxylic acids is 1. The summed E-state index contributed by atoms with van der Waals surface area (Å²) < 4.78 is 0. The zero-order chi connectivity index (χ0) is 15.9. The predicted molar refractivity (Wildman–Crippen MR) is 81.2 cm³/mol. The number of likely N-dealkylation sites (N-methyl/N-ethyl adjacent to an activating group) is 1. The van der Waals surface area contributed by atoms with Crippen LogP contribution in [0.2, 0.25) is 0 Å². The van der Waals surface area contributed by atoms with Gasteiger partial charge < -0.3 is 20.1 Å². The van der Waals surface area contributed by atoms with Crippen molar-refractivity contribution in [2.75, 3.05) is 38.5 Å². The second kappa shape index (κ2) is 7.91. The van der Waals surface area contributed by atoms with E-state index in [0.29, 0.717) is 5.69 Å². The van der Waals surface area contributed by atoms with Gasteiger partial charge in [0.1, 0.15) is 0 Å². The fourth-order valence-corrected chi connectivity index (χ4v) is 2.48. The Morgan fingerprint density at radius 1 is 1.18 bits per heavy atom. The first-order valence-electron chi connectivity index (χ1n) is 7.65. The van der Waals surface area contributed by atoms with Gasteiger partial charge in [-0.15, -0.1) is 0 Å². The molecular weight excluding hydrogens is 282 g/mol. The molecule has 0 radical (unpaired) electrons. The molecule has 1 heterocycles. The molecule has 0 unspecified atom stereocenters. The minimum atomic E-state index is -1.21. The van der Waals surface area contributed by atoms with E-state index in [0.717, 1.165) is 19.6 Å². The van der Waals surface area contributed by atoms with E-state index in [1.54, 1.807) is 4.90 Å². The number of nitrogens with zero attached hydrogens (tertiary/aromatic N) is 1. The number of hydrogen-bond acceptors (Lipinski definition) is 4. The minimum absolute atomic E-state index is 0.0618. The van der Waals surface area contributed by atoms with Gasteiger partial charge in [-0.2, -0.15) is 0 Å². The highest BCUT2D eigenvalue weighted by Crippen LogP contribution is 2.12. The SMILES string of the molecule is C[NH+]1CCN(Cc2ccc(NC(=O)CCC(=O)[O-])cc2)CC1. The van der Waals surface area contributed by atoms with Gasteiger partial charge in [0.15, 0.2) is 0 Å². The van der Waals surface area contributed by atoms with Crippen molar-refractivity contribution in [2.24, 2.45) is 0 Å². The van der Waals surface area contributed by atoms with Crippen molar-refractivity contribution in [1.29, 1.82) is 0 Å². The summed E-state index contributed by atoms with van der Waals surface area (Å²) in [5.41, 5.74) is 1.90. The average Bonchev–Trinajstić information content (AvgIpc) is 2.49. The largest absolute Gasteiger partial charge is 0.550 e. The molecule has 6 heteroatoms. The van der Waals surface area contributed by atoms with Crippen molar-refractivity contribution in [2.45, 2.75) is 19.4 Å². The summed E-state index contributed by atoms with van der Waals surface area (Å²) >= 11 is 0. The summed E-state index contributed by atoms with van der Waals surface area (Å²) in [6.45, 7) is 5.48. The smallest absolute Gasteiger partial charge is 0.224 e. The Hall–Kier alpha value is -1.92. The summed E-state index contributed by atoms with van der Waals surface area (Å²) in [4.78, 5) is 25.9. The highest BCUT2D eigenvalue weighted by atomic mass is 16.4. The quantitative estimate of drug-likeness (QED) is 0.670. The van der Waals surface area contributed by atoms with Crippen molar-refractivity contribution in [3.05, 3.63) is 29.8 Å². The predicted octanol–water partition coefficient (Wildman–Crippen LogP) is -1.51. The lowest BCUT2D eigenvalue weighted by Gasteiger charge is -2.30. The maximum Gasteiger partial charge on any atom is 0.224 e. The van der Waals surface area contributed by atoms with E-state index in [4.69, 9.17) is 0 Å². The number of hydrogen-bond donors (Lipinski definition) is 2. The van der Waals surface area contributed by atoms with Crippen LogP contribution in [0.25, 0.3) is 0 Å². The molecule has 1 aromatic rings. The van der Waals surface area contributed by atoms with Crippen LogP contribution in [0.3, 0.4) is 0 Å². The number of amides is 1. The number of carboxylic acids is 1. The number of carboxylic acid groups (broad SMARTS) is 1. The molecule has 0 atom stereocenters. The maximum absolute atomic E-state index is 11.5. The Balaban J connectivity index is 1.80. The van der Waals surface area contributed by atoms with Crippen LogP contribution >= 0.6 is 0 Å². The van der Waals surface area contributed by atoms with E-state index in [2.05, 4.69) is 17.3 Å². The van der Waals surface area contributed by atoms with Gasteiger partial charge in [0, 0.05) is 37.7 Å². The lowest BCUT2D eigenvalue weighted by atomic mass is 10.1. The number of carbonyl (C=O) groups is 2. The topological polar surface area (TPSA) is 76.9 Å². The molecule has 1 aliphatic rings. The number of rotatable bonds is 6. The summed E-state index contributed by atoms with van der Waals surface area (Å²) in [5.74, 6) is -1.52. The van der Waals surface area contributed by atoms with Crippen LogP contribution < -0.4 is 15.3 Å². The molecule has 22 heavy (non-hydrogen) atoms. The van der Waals surface area contributed by atoms with Crippen LogP contribution in [-0.4, -0.2) is 50.0 Å². The second-order valence-electron chi connectivity index (χ2n) is 5.85. The molecule has 1 fully saturated rings.